The van der Waals surface area contributed by atoms with Gasteiger partial charge in [-0.15, -0.1) is 0 Å². The molecule has 2 aliphatic rings. The number of aliphatic hydroxyl groups excluding tert-OH is 5. The first-order valence-electron chi connectivity index (χ1n) is 9.54. The molecule has 1 aromatic carbocycles. The average Bonchev–Trinajstić information content (AvgIpc) is 2.69. The zero-order valence-electron chi connectivity index (χ0n) is 16.3. The van der Waals surface area contributed by atoms with Crippen molar-refractivity contribution in [3.05, 3.63) is 40.2 Å². The Labute approximate surface area is 170 Å². The van der Waals surface area contributed by atoms with Crippen molar-refractivity contribution in [3.8, 4) is 5.75 Å². The topological polar surface area (TPSA) is 159 Å². The van der Waals surface area contributed by atoms with Gasteiger partial charge in [0.1, 0.15) is 53.6 Å². The molecule has 0 aliphatic carbocycles. The Morgan fingerprint density at radius 2 is 1.73 bits per heavy atom. The first-order chi connectivity index (χ1) is 14.1. The van der Waals surface area contributed by atoms with E-state index >= 15 is 0 Å². The molecule has 4 rings (SSSR count). The summed E-state index contributed by atoms with van der Waals surface area (Å²) >= 11 is 0. The van der Waals surface area contributed by atoms with Crippen LogP contribution in [0.5, 0.6) is 5.75 Å². The Bertz CT molecular complexity index is 983. The number of ether oxygens (including phenoxy) is 3. The molecule has 10 heteroatoms. The minimum Gasteiger partial charge on any atom is -0.484 e. The number of fused-ring (bicyclic) bond motifs is 3. The number of aliphatic hydroxyl groups is 5. The van der Waals surface area contributed by atoms with Crippen LogP contribution in [0, 0.1) is 0 Å². The van der Waals surface area contributed by atoms with Gasteiger partial charge in [0, 0.05) is 11.5 Å². The number of hydrogen-bond donors (Lipinski definition) is 5. The highest BCUT2D eigenvalue weighted by molar-refractivity contribution is 5.83. The third-order valence-electron chi connectivity index (χ3n) is 5.56. The normalized spacial score (nSPS) is 35.6. The molecule has 3 heterocycles. The summed E-state index contributed by atoms with van der Waals surface area (Å²) in [5, 5.41) is 51.3. The van der Waals surface area contributed by atoms with Crippen LogP contribution in [0.15, 0.2) is 33.5 Å². The summed E-state index contributed by atoms with van der Waals surface area (Å²) in [6, 6.07) is 6.16. The second kappa shape index (κ2) is 7.57. The average molecular weight is 424 g/mol. The van der Waals surface area contributed by atoms with Crippen molar-refractivity contribution in [2.45, 2.75) is 62.4 Å². The first-order valence-corrected chi connectivity index (χ1v) is 9.54. The van der Waals surface area contributed by atoms with Gasteiger partial charge in [0.25, 0.3) is 0 Å². The Kier molecular flexibility index (Phi) is 5.35. The third kappa shape index (κ3) is 3.40. The molecule has 1 saturated heterocycles. The molecule has 0 spiro atoms. The summed E-state index contributed by atoms with van der Waals surface area (Å²) in [5.74, 6) is 0.308. The van der Waals surface area contributed by atoms with Crippen molar-refractivity contribution in [2.24, 2.45) is 0 Å². The lowest BCUT2D eigenvalue weighted by Gasteiger charge is -2.46. The summed E-state index contributed by atoms with van der Waals surface area (Å²) in [5.41, 5.74) is -1.36. The van der Waals surface area contributed by atoms with Crippen LogP contribution in [0.1, 0.15) is 25.5 Å². The maximum absolute atomic E-state index is 11.7. The zero-order valence-corrected chi connectivity index (χ0v) is 16.3. The molecule has 0 bridgehead atoms. The van der Waals surface area contributed by atoms with Gasteiger partial charge in [0.2, 0.25) is 0 Å². The summed E-state index contributed by atoms with van der Waals surface area (Å²) in [7, 11) is 0. The zero-order chi connectivity index (χ0) is 21.8. The lowest BCUT2D eigenvalue weighted by Crippen LogP contribution is -2.62. The monoisotopic (exact) mass is 424 g/mol. The van der Waals surface area contributed by atoms with E-state index in [1.165, 1.54) is 6.07 Å². The van der Waals surface area contributed by atoms with Gasteiger partial charge >= 0.3 is 5.63 Å². The quantitative estimate of drug-likeness (QED) is 0.394. The fourth-order valence-corrected chi connectivity index (χ4v) is 3.94. The fraction of sp³-hybridized carbons (Fsp3) is 0.550. The first kappa shape index (κ1) is 21.2. The molecule has 0 amide bonds. The summed E-state index contributed by atoms with van der Waals surface area (Å²) in [4.78, 5) is 11.7. The minimum absolute atomic E-state index is 0.144. The summed E-state index contributed by atoms with van der Waals surface area (Å²) in [6.07, 6.45) is -9.90. The van der Waals surface area contributed by atoms with Crippen LogP contribution >= 0.6 is 0 Å². The molecule has 5 N–H and O–H groups in total. The van der Waals surface area contributed by atoms with Gasteiger partial charge in [-0.05, 0) is 32.0 Å². The number of benzene rings is 1. The molecule has 2 aromatic rings. The molecule has 1 aromatic heterocycles. The predicted molar refractivity (Wildman–Crippen MR) is 101 cm³/mol. The second-order valence-electron chi connectivity index (χ2n) is 8.05. The van der Waals surface area contributed by atoms with Crippen LogP contribution in [0.25, 0.3) is 11.0 Å². The van der Waals surface area contributed by atoms with Crippen LogP contribution in [-0.4, -0.2) is 74.6 Å². The highest BCUT2D eigenvalue weighted by Gasteiger charge is 2.51. The van der Waals surface area contributed by atoms with Gasteiger partial charge in [-0.3, -0.25) is 0 Å². The molecular weight excluding hydrogens is 400 g/mol. The van der Waals surface area contributed by atoms with Gasteiger partial charge in [-0.2, -0.15) is 0 Å². The second-order valence-corrected chi connectivity index (χ2v) is 8.05. The van der Waals surface area contributed by atoms with Crippen molar-refractivity contribution >= 4 is 11.0 Å². The minimum atomic E-state index is -1.64. The Morgan fingerprint density at radius 1 is 1.03 bits per heavy atom. The lowest BCUT2D eigenvalue weighted by atomic mass is 9.87. The van der Waals surface area contributed by atoms with Crippen molar-refractivity contribution in [1.82, 2.24) is 0 Å². The molecule has 30 heavy (non-hydrogen) atoms. The molecule has 0 unspecified atom stereocenters. The van der Waals surface area contributed by atoms with Gasteiger partial charge in [0.15, 0.2) is 6.29 Å². The predicted octanol–water partition coefficient (Wildman–Crippen LogP) is -0.818. The fourth-order valence-electron chi connectivity index (χ4n) is 3.94. The highest BCUT2D eigenvalue weighted by Crippen LogP contribution is 2.45. The Balaban J connectivity index is 1.71. The van der Waals surface area contributed by atoms with Crippen LogP contribution in [0.2, 0.25) is 0 Å². The van der Waals surface area contributed by atoms with Gasteiger partial charge in [-0.1, -0.05) is 0 Å². The summed E-state index contributed by atoms with van der Waals surface area (Å²) in [6.45, 7) is 2.69. The molecular formula is C20H24O10. The van der Waals surface area contributed by atoms with Gasteiger partial charge in [0.05, 0.1) is 12.2 Å². The molecule has 1 fully saturated rings. The molecule has 164 valence electrons. The Morgan fingerprint density at radius 3 is 2.43 bits per heavy atom. The van der Waals surface area contributed by atoms with Crippen LogP contribution in [0.3, 0.4) is 0 Å². The molecule has 7 atom stereocenters. The van der Waals surface area contributed by atoms with Crippen LogP contribution < -0.4 is 10.4 Å². The largest absolute Gasteiger partial charge is 0.484 e. The van der Waals surface area contributed by atoms with E-state index in [1.807, 2.05) is 0 Å². The van der Waals surface area contributed by atoms with Crippen molar-refractivity contribution < 1.29 is 44.2 Å². The van der Waals surface area contributed by atoms with E-state index in [4.69, 9.17) is 18.6 Å². The highest BCUT2D eigenvalue weighted by atomic mass is 16.7. The molecule has 0 radical (unpaired) electrons. The number of rotatable bonds is 3. The van der Waals surface area contributed by atoms with E-state index in [1.54, 1.807) is 32.0 Å². The maximum atomic E-state index is 11.7. The molecule has 0 saturated carbocycles. The van der Waals surface area contributed by atoms with Crippen molar-refractivity contribution in [2.75, 3.05) is 6.61 Å². The Hall–Kier alpha value is -2.05. The number of hydrogen-bond acceptors (Lipinski definition) is 10. The van der Waals surface area contributed by atoms with Crippen molar-refractivity contribution in [1.29, 1.82) is 0 Å². The van der Waals surface area contributed by atoms with Gasteiger partial charge in [-0.25, -0.2) is 4.79 Å². The van der Waals surface area contributed by atoms with Gasteiger partial charge < -0.3 is 44.2 Å². The lowest BCUT2D eigenvalue weighted by molar-refractivity contribution is -0.330. The molecule has 10 nitrogen and oxygen atoms in total. The standard InChI is InChI=1S/C20H24O10/c1-20(2)18(29-19-16(26)15(25)13(23)10(7-21)27-19)14(24)12-9(30-20)5-3-8-4-6-11(22)28-17(8)12/h3-6,10,13-16,18-19,21,23-26H,7H2,1-2H3/t10-,13-,14-,15+,16-,18-,19+/m1/s1. The smallest absolute Gasteiger partial charge is 0.336 e. The van der Waals surface area contributed by atoms with E-state index in [0.717, 1.165) is 0 Å². The molecule has 2 aliphatic heterocycles. The maximum Gasteiger partial charge on any atom is 0.336 e. The van der Waals surface area contributed by atoms with Crippen LogP contribution in [0.4, 0.5) is 0 Å². The van der Waals surface area contributed by atoms with E-state index < -0.39 is 60.7 Å². The SMILES string of the molecule is CC1(C)Oc2ccc3ccc(=O)oc3c2[C@@H](O)[C@H]1O[C@@H]1O[C@H](CO)[C@@H](O)[C@H](O)[C@H]1O. The van der Waals surface area contributed by atoms with E-state index in [0.29, 0.717) is 11.1 Å². The third-order valence-corrected chi connectivity index (χ3v) is 5.56. The van der Waals surface area contributed by atoms with Crippen molar-refractivity contribution in [3.63, 3.8) is 0 Å². The van der Waals surface area contributed by atoms with Crippen LogP contribution in [-0.2, 0) is 9.47 Å². The van der Waals surface area contributed by atoms with E-state index in [2.05, 4.69) is 0 Å². The van der Waals surface area contributed by atoms with E-state index in [-0.39, 0.29) is 11.1 Å². The van der Waals surface area contributed by atoms with E-state index in [9.17, 15) is 30.3 Å². The summed E-state index contributed by atoms with van der Waals surface area (Å²) < 4.78 is 22.5.